The molecule has 10 heteroatoms. The van der Waals surface area contributed by atoms with E-state index in [1.807, 2.05) is 73.1 Å². The van der Waals surface area contributed by atoms with Gasteiger partial charge < -0.3 is 24.8 Å². The van der Waals surface area contributed by atoms with Crippen molar-refractivity contribution in [2.75, 3.05) is 18.6 Å². The minimum Gasteiger partial charge on any atom is -0.497 e. The van der Waals surface area contributed by atoms with Gasteiger partial charge in [0, 0.05) is 42.5 Å². The number of aliphatic hydroxyl groups is 1. The van der Waals surface area contributed by atoms with Crippen LogP contribution in [-0.4, -0.2) is 55.9 Å². The Hall–Kier alpha value is -4.96. The molecular formula is C36H38N6O4. The largest absolute Gasteiger partial charge is 0.497 e. The Labute approximate surface area is 268 Å². The summed E-state index contributed by atoms with van der Waals surface area (Å²) < 4.78 is 13.5. The van der Waals surface area contributed by atoms with Crippen molar-refractivity contribution >= 4 is 17.4 Å². The summed E-state index contributed by atoms with van der Waals surface area (Å²) >= 11 is 0. The number of aryl methyl sites for hydroxylation is 1. The predicted octanol–water partition coefficient (Wildman–Crippen LogP) is 5.96. The topological polar surface area (TPSA) is 114 Å². The average Bonchev–Trinajstić information content (AvgIpc) is 3.75. The molecule has 0 saturated heterocycles. The summed E-state index contributed by atoms with van der Waals surface area (Å²) in [6.45, 7) is 5.17. The van der Waals surface area contributed by atoms with E-state index in [0.29, 0.717) is 47.9 Å². The number of hydrogen-bond donors (Lipinski definition) is 2. The van der Waals surface area contributed by atoms with E-state index in [1.165, 1.54) is 0 Å². The second-order valence-electron chi connectivity index (χ2n) is 12.8. The fourth-order valence-corrected chi connectivity index (χ4v) is 6.33. The first-order valence-corrected chi connectivity index (χ1v) is 15.7. The highest BCUT2D eigenvalue weighted by atomic mass is 16.5. The van der Waals surface area contributed by atoms with Crippen molar-refractivity contribution in [3.05, 3.63) is 95.9 Å². The number of pyridine rings is 1. The lowest BCUT2D eigenvalue weighted by molar-refractivity contribution is -0.0542. The van der Waals surface area contributed by atoms with Crippen LogP contribution in [0.3, 0.4) is 0 Å². The third-order valence-corrected chi connectivity index (χ3v) is 8.77. The first-order valence-electron chi connectivity index (χ1n) is 15.7. The molecule has 0 spiro atoms. The summed E-state index contributed by atoms with van der Waals surface area (Å²) in [5.41, 5.74) is 4.38. The molecule has 7 rings (SSSR count). The van der Waals surface area contributed by atoms with Crippen LogP contribution in [0.1, 0.15) is 54.1 Å². The smallest absolute Gasteiger partial charge is 0.251 e. The Bertz CT molecular complexity index is 1860. The lowest BCUT2D eigenvalue weighted by atomic mass is 9.72. The summed E-state index contributed by atoms with van der Waals surface area (Å²) in [5.74, 6) is 2.87. The quantitative estimate of drug-likeness (QED) is 0.186. The van der Waals surface area contributed by atoms with E-state index in [-0.39, 0.29) is 5.91 Å². The number of amides is 1. The van der Waals surface area contributed by atoms with Crippen LogP contribution in [0.5, 0.6) is 17.4 Å². The van der Waals surface area contributed by atoms with Gasteiger partial charge in [-0.15, -0.1) is 0 Å². The maximum absolute atomic E-state index is 12.8. The molecule has 2 aliphatic rings. The lowest BCUT2D eigenvalue weighted by Crippen LogP contribution is -2.46. The van der Waals surface area contributed by atoms with Crippen molar-refractivity contribution in [3.8, 4) is 28.5 Å². The van der Waals surface area contributed by atoms with Crippen LogP contribution in [0.15, 0.2) is 79.3 Å². The molecule has 3 heterocycles. The number of ether oxygens (including phenoxy) is 2. The van der Waals surface area contributed by atoms with E-state index in [9.17, 15) is 9.90 Å². The van der Waals surface area contributed by atoms with Gasteiger partial charge in [-0.2, -0.15) is 14.6 Å². The molecule has 2 fully saturated rings. The minimum atomic E-state index is -0.642. The van der Waals surface area contributed by atoms with Crippen LogP contribution in [0.2, 0.25) is 0 Å². The van der Waals surface area contributed by atoms with Crippen LogP contribution < -0.4 is 19.7 Å². The number of anilines is 1. The van der Waals surface area contributed by atoms with Gasteiger partial charge in [-0.3, -0.25) is 9.78 Å². The molecule has 10 nitrogen and oxygen atoms in total. The van der Waals surface area contributed by atoms with E-state index in [1.54, 1.807) is 19.5 Å². The number of nitrogens with zero attached hydrogens (tertiary/aromatic N) is 5. The number of nitrogens with one attached hydrogen (secondary N) is 1. The number of benzene rings is 2. The standard InChI is InChI=1S/C36H38N6O4/c1-23-15-26(8-13-30(23)35(43)39-27-9-10-27)31-20-38-42-33(16-32(40-34(31)42)46-29-5-4-14-37-19-29)41(22-25-17-36(2,44)18-25)21-24-6-11-28(45-3)12-7-24/h4-8,11-16,19-20,25,27,44H,9-10,17-18,21-22H2,1-3H3,(H,39,43). The van der Waals surface area contributed by atoms with Crippen molar-refractivity contribution in [3.63, 3.8) is 0 Å². The van der Waals surface area contributed by atoms with Crippen LogP contribution in [0.4, 0.5) is 5.82 Å². The van der Waals surface area contributed by atoms with E-state index >= 15 is 0 Å². The summed E-state index contributed by atoms with van der Waals surface area (Å²) in [6.07, 6.45) is 8.70. The zero-order valence-electron chi connectivity index (χ0n) is 26.3. The molecule has 0 aliphatic heterocycles. The van der Waals surface area contributed by atoms with Crippen molar-refractivity contribution < 1.29 is 19.4 Å². The number of rotatable bonds is 11. The maximum atomic E-state index is 12.8. The normalized spacial score (nSPS) is 19.0. The zero-order chi connectivity index (χ0) is 31.8. The molecule has 5 aromatic rings. The number of fused-ring (bicyclic) bond motifs is 1. The van der Waals surface area contributed by atoms with Gasteiger partial charge in [0.15, 0.2) is 5.65 Å². The van der Waals surface area contributed by atoms with E-state index < -0.39 is 5.60 Å². The van der Waals surface area contributed by atoms with Gasteiger partial charge in [0.05, 0.1) is 25.1 Å². The second kappa shape index (κ2) is 12.1. The van der Waals surface area contributed by atoms with Gasteiger partial charge in [-0.25, -0.2) is 0 Å². The van der Waals surface area contributed by atoms with Gasteiger partial charge >= 0.3 is 0 Å². The van der Waals surface area contributed by atoms with Gasteiger partial charge in [0.25, 0.3) is 5.91 Å². The zero-order valence-corrected chi connectivity index (χ0v) is 26.3. The minimum absolute atomic E-state index is 0.0388. The van der Waals surface area contributed by atoms with Crippen LogP contribution >= 0.6 is 0 Å². The summed E-state index contributed by atoms with van der Waals surface area (Å²) in [6, 6.07) is 19.8. The molecule has 3 aromatic heterocycles. The lowest BCUT2D eigenvalue weighted by Gasteiger charge is -2.43. The highest BCUT2D eigenvalue weighted by Crippen LogP contribution is 2.40. The van der Waals surface area contributed by atoms with E-state index in [2.05, 4.69) is 27.3 Å². The number of aromatic nitrogens is 4. The van der Waals surface area contributed by atoms with E-state index in [0.717, 1.165) is 59.5 Å². The molecule has 2 aliphatic carbocycles. The number of hydrogen-bond acceptors (Lipinski definition) is 8. The highest BCUT2D eigenvalue weighted by molar-refractivity contribution is 5.97. The van der Waals surface area contributed by atoms with E-state index in [4.69, 9.17) is 19.6 Å². The molecule has 1 amide bonds. The van der Waals surface area contributed by atoms with Crippen LogP contribution in [0.25, 0.3) is 16.8 Å². The van der Waals surface area contributed by atoms with Crippen LogP contribution in [0, 0.1) is 12.8 Å². The Morgan fingerprint density at radius 1 is 1.09 bits per heavy atom. The summed E-state index contributed by atoms with van der Waals surface area (Å²) in [4.78, 5) is 24.2. The summed E-state index contributed by atoms with van der Waals surface area (Å²) in [5, 5.41) is 18.5. The van der Waals surface area contributed by atoms with Gasteiger partial charge in [0.2, 0.25) is 5.88 Å². The Kier molecular flexibility index (Phi) is 7.82. The number of carbonyl (C=O) groups excluding carboxylic acids is 1. The Morgan fingerprint density at radius 3 is 2.57 bits per heavy atom. The Morgan fingerprint density at radius 2 is 1.89 bits per heavy atom. The number of carbonyl (C=O) groups is 1. The monoisotopic (exact) mass is 618 g/mol. The fraction of sp³-hybridized carbons (Fsp3) is 0.333. The van der Waals surface area contributed by atoms with Crippen molar-refractivity contribution in [2.45, 2.75) is 57.7 Å². The first-order chi connectivity index (χ1) is 22.2. The molecule has 0 bridgehead atoms. The van der Waals surface area contributed by atoms with Gasteiger partial charge in [-0.1, -0.05) is 24.3 Å². The van der Waals surface area contributed by atoms with Gasteiger partial charge in [-0.05, 0) is 92.5 Å². The molecular weight excluding hydrogens is 580 g/mol. The molecule has 0 atom stereocenters. The molecule has 2 aromatic carbocycles. The first kappa shape index (κ1) is 29.7. The molecule has 2 N–H and O–H groups in total. The second-order valence-corrected chi connectivity index (χ2v) is 12.8. The summed E-state index contributed by atoms with van der Waals surface area (Å²) in [7, 11) is 1.66. The molecule has 236 valence electrons. The molecule has 0 radical (unpaired) electrons. The van der Waals surface area contributed by atoms with Gasteiger partial charge in [0.1, 0.15) is 17.3 Å². The maximum Gasteiger partial charge on any atom is 0.251 e. The molecule has 2 saturated carbocycles. The van der Waals surface area contributed by atoms with Crippen LogP contribution in [-0.2, 0) is 6.54 Å². The van der Waals surface area contributed by atoms with Crippen molar-refractivity contribution in [1.82, 2.24) is 24.9 Å². The van der Waals surface area contributed by atoms with Crippen molar-refractivity contribution in [2.24, 2.45) is 5.92 Å². The van der Waals surface area contributed by atoms with Crippen molar-refractivity contribution in [1.29, 1.82) is 0 Å². The predicted molar refractivity (Wildman–Crippen MR) is 175 cm³/mol. The average molecular weight is 619 g/mol. The highest BCUT2D eigenvalue weighted by Gasteiger charge is 2.39. The number of methoxy groups -OCH3 is 1. The fourth-order valence-electron chi connectivity index (χ4n) is 6.33. The SMILES string of the molecule is COc1ccc(CN(CC2CC(C)(O)C2)c2cc(Oc3cccnc3)nc3c(-c4ccc(C(=O)NC5CC5)c(C)c4)cnn23)cc1. The molecule has 0 unspecified atom stereocenters. The molecule has 46 heavy (non-hydrogen) atoms. The third-order valence-electron chi connectivity index (χ3n) is 8.77. The Balaban J connectivity index is 1.30. The third kappa shape index (κ3) is 6.39.